The zero-order chi connectivity index (χ0) is 16.9. The molecule has 2 aromatic rings. The molecule has 1 aliphatic heterocycles. The van der Waals surface area contributed by atoms with Crippen molar-refractivity contribution in [3.8, 4) is 0 Å². The zero-order valence-corrected chi connectivity index (χ0v) is 13.7. The van der Waals surface area contributed by atoms with E-state index in [1.54, 1.807) is 24.1 Å². The van der Waals surface area contributed by atoms with Crippen LogP contribution in [0.1, 0.15) is 34.6 Å². The van der Waals surface area contributed by atoms with Gasteiger partial charge in [0.1, 0.15) is 0 Å². The van der Waals surface area contributed by atoms with E-state index in [1.165, 1.54) is 6.07 Å². The number of ether oxygens (including phenoxy) is 1. The third-order valence-electron chi connectivity index (χ3n) is 4.04. The molecule has 2 aromatic heterocycles. The molecule has 1 amide bonds. The van der Waals surface area contributed by atoms with Crippen molar-refractivity contribution < 1.29 is 9.53 Å². The standard InChI is InChI=1S/C18H21N3O3/c1-13-9-14(10-17(22)20-13)18(23)21(12-16-6-4-8-24-16)11-15-5-2-3-7-19-15/h2-3,5,7,9-10,16H,4,6,8,11-12H2,1H3,(H,20,22)/t16-/m1/s1. The number of pyridine rings is 2. The van der Waals surface area contributed by atoms with Crippen molar-refractivity contribution >= 4 is 5.91 Å². The number of aromatic amines is 1. The Morgan fingerprint density at radius 2 is 2.29 bits per heavy atom. The summed E-state index contributed by atoms with van der Waals surface area (Å²) in [7, 11) is 0. The van der Waals surface area contributed by atoms with Gasteiger partial charge in [0.2, 0.25) is 5.56 Å². The lowest BCUT2D eigenvalue weighted by Gasteiger charge is -2.25. The molecule has 24 heavy (non-hydrogen) atoms. The summed E-state index contributed by atoms with van der Waals surface area (Å²) >= 11 is 0. The Hall–Kier alpha value is -2.47. The van der Waals surface area contributed by atoms with E-state index in [0.717, 1.165) is 25.1 Å². The highest BCUT2D eigenvalue weighted by Gasteiger charge is 2.24. The van der Waals surface area contributed by atoms with Crippen LogP contribution in [-0.4, -0.2) is 40.0 Å². The van der Waals surface area contributed by atoms with Crippen LogP contribution < -0.4 is 5.56 Å². The molecule has 0 spiro atoms. The van der Waals surface area contributed by atoms with Crippen LogP contribution in [-0.2, 0) is 11.3 Å². The lowest BCUT2D eigenvalue weighted by atomic mass is 10.1. The largest absolute Gasteiger partial charge is 0.376 e. The number of rotatable bonds is 5. The molecule has 1 atom stereocenters. The van der Waals surface area contributed by atoms with Gasteiger partial charge in [-0.15, -0.1) is 0 Å². The molecule has 1 N–H and O–H groups in total. The Bertz CT molecular complexity index is 752. The highest BCUT2D eigenvalue weighted by Crippen LogP contribution is 2.16. The van der Waals surface area contributed by atoms with Crippen LogP contribution in [0, 0.1) is 6.92 Å². The van der Waals surface area contributed by atoms with Gasteiger partial charge < -0.3 is 14.6 Å². The number of nitrogens with zero attached hydrogens (tertiary/aromatic N) is 2. The first-order valence-corrected chi connectivity index (χ1v) is 8.13. The third-order valence-corrected chi connectivity index (χ3v) is 4.04. The molecule has 0 aromatic carbocycles. The second-order valence-electron chi connectivity index (χ2n) is 6.06. The molecule has 0 saturated carbocycles. The minimum absolute atomic E-state index is 0.0424. The van der Waals surface area contributed by atoms with Crippen LogP contribution >= 0.6 is 0 Å². The predicted octanol–water partition coefficient (Wildman–Crippen LogP) is 1.90. The molecule has 3 rings (SSSR count). The second-order valence-corrected chi connectivity index (χ2v) is 6.06. The highest BCUT2D eigenvalue weighted by molar-refractivity contribution is 5.94. The minimum Gasteiger partial charge on any atom is -0.376 e. The van der Waals surface area contributed by atoms with Gasteiger partial charge in [-0.05, 0) is 38.0 Å². The summed E-state index contributed by atoms with van der Waals surface area (Å²) in [6.45, 7) is 3.40. The van der Waals surface area contributed by atoms with Crippen LogP contribution in [0.2, 0.25) is 0 Å². The smallest absolute Gasteiger partial charge is 0.254 e. The molecule has 1 aliphatic rings. The van der Waals surface area contributed by atoms with Gasteiger partial charge in [-0.1, -0.05) is 6.07 Å². The van der Waals surface area contributed by atoms with E-state index in [2.05, 4.69) is 9.97 Å². The predicted molar refractivity (Wildman–Crippen MR) is 89.8 cm³/mol. The number of nitrogens with one attached hydrogen (secondary N) is 1. The molecule has 3 heterocycles. The van der Waals surface area contributed by atoms with E-state index in [-0.39, 0.29) is 17.6 Å². The maximum absolute atomic E-state index is 12.9. The minimum atomic E-state index is -0.270. The Kier molecular flexibility index (Phi) is 5.05. The van der Waals surface area contributed by atoms with Gasteiger partial charge in [-0.2, -0.15) is 0 Å². The number of hydrogen-bond acceptors (Lipinski definition) is 4. The molecular weight excluding hydrogens is 306 g/mol. The third kappa shape index (κ3) is 4.08. The molecule has 6 heteroatoms. The summed E-state index contributed by atoms with van der Waals surface area (Å²) in [5.41, 5.74) is 1.60. The van der Waals surface area contributed by atoms with E-state index >= 15 is 0 Å². The summed E-state index contributed by atoms with van der Waals surface area (Å²) in [5, 5.41) is 0. The van der Waals surface area contributed by atoms with Gasteiger partial charge >= 0.3 is 0 Å². The fourth-order valence-corrected chi connectivity index (χ4v) is 2.93. The monoisotopic (exact) mass is 327 g/mol. The Morgan fingerprint density at radius 3 is 2.96 bits per heavy atom. The molecule has 0 aliphatic carbocycles. The number of carbonyl (C=O) groups excluding carboxylic acids is 1. The highest BCUT2D eigenvalue weighted by atomic mass is 16.5. The topological polar surface area (TPSA) is 75.3 Å². The molecule has 1 fully saturated rings. The Labute approximate surface area is 140 Å². The number of aryl methyl sites for hydroxylation is 1. The van der Waals surface area contributed by atoms with Gasteiger partial charge in [0.25, 0.3) is 5.91 Å². The van der Waals surface area contributed by atoms with Crippen LogP contribution in [0.5, 0.6) is 0 Å². The molecule has 1 saturated heterocycles. The van der Waals surface area contributed by atoms with Crippen molar-refractivity contribution in [2.24, 2.45) is 0 Å². The Morgan fingerprint density at radius 1 is 1.42 bits per heavy atom. The van der Waals surface area contributed by atoms with Gasteiger partial charge in [0, 0.05) is 36.7 Å². The average Bonchev–Trinajstić information content (AvgIpc) is 3.07. The molecular formula is C18H21N3O3. The number of aromatic nitrogens is 2. The number of hydrogen-bond donors (Lipinski definition) is 1. The first-order valence-electron chi connectivity index (χ1n) is 8.13. The van der Waals surface area contributed by atoms with Gasteiger partial charge in [-0.3, -0.25) is 14.6 Å². The Balaban J connectivity index is 1.84. The molecule has 126 valence electrons. The summed E-state index contributed by atoms with van der Waals surface area (Å²) < 4.78 is 5.67. The fraction of sp³-hybridized carbons (Fsp3) is 0.389. The lowest BCUT2D eigenvalue weighted by Crippen LogP contribution is -2.37. The van der Waals surface area contributed by atoms with Crippen LogP contribution in [0.3, 0.4) is 0 Å². The van der Waals surface area contributed by atoms with Crippen LogP contribution in [0.15, 0.2) is 41.3 Å². The van der Waals surface area contributed by atoms with Crippen LogP contribution in [0.25, 0.3) is 0 Å². The van der Waals surface area contributed by atoms with Gasteiger partial charge in [0.05, 0.1) is 18.3 Å². The SMILES string of the molecule is Cc1cc(C(=O)N(Cc2ccccn2)C[C@H]2CCCO2)cc(=O)[nH]1. The quantitative estimate of drug-likeness (QED) is 0.910. The second kappa shape index (κ2) is 7.40. The van der Waals surface area contributed by atoms with Gasteiger partial charge in [0.15, 0.2) is 0 Å². The number of H-pyrrole nitrogens is 1. The normalized spacial score (nSPS) is 17.0. The lowest BCUT2D eigenvalue weighted by molar-refractivity contribution is 0.0504. The molecule has 0 radical (unpaired) electrons. The first-order chi connectivity index (χ1) is 11.6. The maximum Gasteiger partial charge on any atom is 0.254 e. The average molecular weight is 327 g/mol. The molecule has 0 bridgehead atoms. The summed E-state index contributed by atoms with van der Waals surface area (Å²) in [4.78, 5) is 33.3. The summed E-state index contributed by atoms with van der Waals surface area (Å²) in [6.07, 6.45) is 3.71. The summed E-state index contributed by atoms with van der Waals surface area (Å²) in [5.74, 6) is -0.176. The fourth-order valence-electron chi connectivity index (χ4n) is 2.93. The van der Waals surface area contributed by atoms with E-state index in [9.17, 15) is 9.59 Å². The van der Waals surface area contributed by atoms with Crippen molar-refractivity contribution in [3.63, 3.8) is 0 Å². The zero-order valence-electron chi connectivity index (χ0n) is 13.7. The van der Waals surface area contributed by atoms with E-state index in [1.807, 2.05) is 18.2 Å². The number of carbonyl (C=O) groups is 1. The van der Waals surface area contributed by atoms with E-state index in [4.69, 9.17) is 4.74 Å². The van der Waals surface area contributed by atoms with Crippen molar-refractivity contribution in [2.75, 3.05) is 13.2 Å². The van der Waals surface area contributed by atoms with E-state index in [0.29, 0.717) is 24.3 Å². The van der Waals surface area contributed by atoms with Crippen molar-refractivity contribution in [1.82, 2.24) is 14.9 Å². The first kappa shape index (κ1) is 16.4. The van der Waals surface area contributed by atoms with Crippen molar-refractivity contribution in [2.45, 2.75) is 32.4 Å². The van der Waals surface area contributed by atoms with E-state index < -0.39 is 0 Å². The van der Waals surface area contributed by atoms with Gasteiger partial charge in [-0.25, -0.2) is 0 Å². The number of amides is 1. The van der Waals surface area contributed by atoms with Crippen LogP contribution in [0.4, 0.5) is 0 Å². The molecule has 6 nitrogen and oxygen atoms in total. The maximum atomic E-state index is 12.9. The van der Waals surface area contributed by atoms with Crippen molar-refractivity contribution in [3.05, 3.63) is 63.8 Å². The molecule has 0 unspecified atom stereocenters. The van der Waals surface area contributed by atoms with Crippen molar-refractivity contribution in [1.29, 1.82) is 0 Å². The summed E-state index contributed by atoms with van der Waals surface area (Å²) in [6, 6.07) is 8.67.